The largest absolute Gasteiger partial charge is 0.453 e. The number of imidazole rings is 2. The highest BCUT2D eigenvalue weighted by Crippen LogP contribution is 2.45. The summed E-state index contributed by atoms with van der Waals surface area (Å²) in [6.07, 6.45) is 7.49. The Kier molecular flexibility index (Phi) is 19.4. The predicted octanol–water partition coefficient (Wildman–Crippen LogP) is 7.86. The molecule has 12 nitrogen and oxygen atoms in total. The zero-order valence-electron chi connectivity index (χ0n) is 34.7. The van der Waals surface area contributed by atoms with Crippen LogP contribution < -0.4 is 5.32 Å². The van der Waals surface area contributed by atoms with Crippen molar-refractivity contribution in [3.05, 3.63) is 72.6 Å². The first-order chi connectivity index (χ1) is 26.0. The second kappa shape index (κ2) is 22.0. The number of benzene rings is 2. The first-order valence-electron chi connectivity index (χ1n) is 19.4. The number of ether oxygens (including phenoxy) is 2. The van der Waals surface area contributed by atoms with Gasteiger partial charge in [-0.05, 0) is 59.8 Å². The van der Waals surface area contributed by atoms with E-state index in [-0.39, 0.29) is 115 Å². The third-order valence-electron chi connectivity index (χ3n) is 11.7. The predicted molar refractivity (Wildman–Crippen MR) is 258 cm³/mol. The Labute approximate surface area is 383 Å². The third-order valence-corrected chi connectivity index (χ3v) is 11.7. The quantitative estimate of drug-likeness (QED) is 0.147. The third kappa shape index (κ3) is 11.0. The van der Waals surface area contributed by atoms with Crippen LogP contribution in [0.2, 0.25) is 0 Å². The maximum atomic E-state index is 13.6. The highest BCUT2D eigenvalue weighted by atomic mass is 32.1. The van der Waals surface area contributed by atoms with Gasteiger partial charge in [-0.15, -0.1) is 0 Å². The van der Waals surface area contributed by atoms with E-state index in [1.807, 2.05) is 43.0 Å². The molecule has 0 saturated carbocycles. The zero-order chi connectivity index (χ0) is 38.1. The molecular formula is C42H63N7O5S5. The van der Waals surface area contributed by atoms with Crippen LogP contribution in [0.3, 0.4) is 0 Å². The Bertz CT molecular complexity index is 1970. The van der Waals surface area contributed by atoms with Crippen molar-refractivity contribution in [2.45, 2.75) is 90.4 Å². The average Bonchev–Trinajstić information content (AvgIpc) is 4.03. The molecule has 0 unspecified atom stereocenters. The number of nitrogens with zero attached hydrogens (tertiary/aromatic N) is 4. The first-order valence-corrected chi connectivity index (χ1v) is 19.4. The highest BCUT2D eigenvalue weighted by molar-refractivity contribution is 7.60. The number of H-pyrrole nitrogens is 2. The molecule has 1 spiro atoms. The highest BCUT2D eigenvalue weighted by Gasteiger charge is 2.50. The summed E-state index contributed by atoms with van der Waals surface area (Å²) in [7, 11) is 1.30. The molecule has 5 heterocycles. The van der Waals surface area contributed by atoms with Crippen molar-refractivity contribution >= 4 is 85.4 Å². The van der Waals surface area contributed by atoms with Crippen LogP contribution in [-0.2, 0) is 19.1 Å². The van der Waals surface area contributed by atoms with Crippen LogP contribution in [0.15, 0.2) is 60.9 Å². The van der Waals surface area contributed by atoms with Crippen molar-refractivity contribution in [3.8, 4) is 33.6 Å². The number of nitrogens with one attached hydrogen (secondary N) is 3. The molecule has 3 saturated heterocycles. The van der Waals surface area contributed by atoms with Crippen molar-refractivity contribution < 1.29 is 23.9 Å². The van der Waals surface area contributed by atoms with E-state index in [9.17, 15) is 14.4 Å². The normalized spacial score (nSPS) is 20.5. The summed E-state index contributed by atoms with van der Waals surface area (Å²) in [4.78, 5) is 59.4. The number of carbonyl (C=O) groups is 3. The van der Waals surface area contributed by atoms with Gasteiger partial charge in [-0.1, -0.05) is 83.1 Å². The maximum absolute atomic E-state index is 13.6. The molecule has 0 aliphatic carbocycles. The molecule has 3 aliphatic heterocycles. The van der Waals surface area contributed by atoms with Gasteiger partial charge in [-0.3, -0.25) is 9.59 Å². The number of hydrogen-bond acceptors (Lipinski definition) is 7. The minimum absolute atomic E-state index is 0. The number of hydrogen-bond donors (Lipinski definition) is 3. The van der Waals surface area contributed by atoms with Gasteiger partial charge in [-0.2, -0.15) is 67.5 Å². The van der Waals surface area contributed by atoms with Gasteiger partial charge in [0.15, 0.2) is 0 Å². The number of alkyl carbamates (subject to hydrolysis) is 1. The Morgan fingerprint density at radius 1 is 0.746 bits per heavy atom. The molecule has 326 valence electrons. The number of carbonyl (C=O) groups excluding carboxylic acids is 3. The molecule has 0 bridgehead atoms. The van der Waals surface area contributed by atoms with E-state index in [0.29, 0.717) is 13.1 Å². The van der Waals surface area contributed by atoms with Gasteiger partial charge in [0.05, 0.1) is 55.1 Å². The van der Waals surface area contributed by atoms with Crippen LogP contribution in [0.1, 0.15) is 90.5 Å². The van der Waals surface area contributed by atoms with Gasteiger partial charge < -0.3 is 34.6 Å². The summed E-state index contributed by atoms with van der Waals surface area (Å²) in [5.74, 6) is 1.68. The lowest BCUT2D eigenvalue weighted by Gasteiger charge is -2.30. The molecule has 3 N–H and O–H groups in total. The topological polar surface area (TPSA) is 146 Å². The standard InChI is InChI=1S/C42H53N7O5.5H2S/c1-25(2)27(5)39(50)49-24-42(18-8-20-54-42)21-35(49)38-44-23-33(46-38)31-16-12-29(13-17-31)28-10-14-30(15-11-28)32-22-43-37(45-32)34-9-7-19-48(34)40(51)36(26(3)4)47-41(52)53-6;;;;;/h10-17,22-23,25-27,34-36H,7-9,18-21,24H2,1-6H3,(H,43,45)(H,44,46)(H,47,52);5*1H2/t27-,34-,35-,36-,42-;;;;;/m0...../s1. The van der Waals surface area contributed by atoms with Gasteiger partial charge in [0, 0.05) is 25.5 Å². The van der Waals surface area contributed by atoms with Crippen LogP contribution in [0.25, 0.3) is 33.6 Å². The molecule has 0 radical (unpaired) electrons. The molecule has 3 fully saturated rings. The molecule has 7 rings (SSSR count). The molecular weight excluding hydrogens is 843 g/mol. The number of methoxy groups -OCH3 is 1. The Balaban J connectivity index is 0.00000240. The van der Waals surface area contributed by atoms with Crippen LogP contribution in [0.4, 0.5) is 4.79 Å². The van der Waals surface area contributed by atoms with Gasteiger partial charge in [0.1, 0.15) is 17.7 Å². The summed E-state index contributed by atoms with van der Waals surface area (Å²) < 4.78 is 11.0. The molecule has 2 aromatic heterocycles. The molecule has 3 aliphatic rings. The molecule has 3 amide bonds. The maximum Gasteiger partial charge on any atom is 0.407 e. The fourth-order valence-corrected chi connectivity index (χ4v) is 8.19. The van der Waals surface area contributed by atoms with Gasteiger partial charge in [0.25, 0.3) is 0 Å². The van der Waals surface area contributed by atoms with Crippen LogP contribution >= 0.6 is 67.5 Å². The minimum Gasteiger partial charge on any atom is -0.453 e. The van der Waals surface area contributed by atoms with E-state index < -0.39 is 12.1 Å². The lowest BCUT2D eigenvalue weighted by atomic mass is 9.96. The lowest BCUT2D eigenvalue weighted by molar-refractivity contribution is -0.138. The van der Waals surface area contributed by atoms with E-state index in [1.165, 1.54) is 7.11 Å². The summed E-state index contributed by atoms with van der Waals surface area (Å²) in [6, 6.07) is 15.8. The fourth-order valence-electron chi connectivity index (χ4n) is 8.19. The summed E-state index contributed by atoms with van der Waals surface area (Å²) in [5, 5.41) is 2.70. The average molecular weight is 906 g/mol. The van der Waals surface area contributed by atoms with Crippen LogP contribution in [0, 0.1) is 17.8 Å². The van der Waals surface area contributed by atoms with Gasteiger partial charge in [-0.25, -0.2) is 14.8 Å². The van der Waals surface area contributed by atoms with E-state index in [0.717, 1.165) is 84.0 Å². The van der Waals surface area contributed by atoms with E-state index >= 15 is 0 Å². The molecule has 59 heavy (non-hydrogen) atoms. The number of likely N-dealkylation sites (tertiary alicyclic amines) is 2. The molecule has 5 atom stereocenters. The monoisotopic (exact) mass is 905 g/mol. The van der Waals surface area contributed by atoms with Crippen molar-refractivity contribution in [2.75, 3.05) is 26.8 Å². The Morgan fingerprint density at radius 2 is 1.27 bits per heavy atom. The van der Waals surface area contributed by atoms with Gasteiger partial charge in [0.2, 0.25) is 11.8 Å². The van der Waals surface area contributed by atoms with Crippen LogP contribution in [0.5, 0.6) is 0 Å². The smallest absolute Gasteiger partial charge is 0.407 e. The van der Waals surface area contributed by atoms with Gasteiger partial charge >= 0.3 is 6.09 Å². The Morgan fingerprint density at radius 3 is 1.75 bits per heavy atom. The van der Waals surface area contributed by atoms with E-state index in [1.54, 1.807) is 0 Å². The number of rotatable bonds is 10. The summed E-state index contributed by atoms with van der Waals surface area (Å²) in [5.41, 5.74) is 5.71. The van der Waals surface area contributed by atoms with Crippen molar-refractivity contribution in [1.82, 2.24) is 35.1 Å². The van der Waals surface area contributed by atoms with E-state index in [2.05, 4.69) is 82.6 Å². The SMILES string of the molecule is COC(=O)N[C@H](C(=O)N1CCC[C@H]1c1ncc(-c2ccc(-c3ccc(-c4cnc([C@@H]5C[C@@]6(CCCO6)CN5C(=O)[C@@H](C)C(C)C)[nH]4)cc3)cc2)[nH]1)C(C)C.S.S.S.S.S. The first kappa shape index (κ1) is 51.9. The van der Waals surface area contributed by atoms with Crippen molar-refractivity contribution in [2.24, 2.45) is 17.8 Å². The number of amides is 3. The van der Waals surface area contributed by atoms with Crippen molar-refractivity contribution in [3.63, 3.8) is 0 Å². The second-order valence-electron chi connectivity index (χ2n) is 15.9. The Hall–Kier alpha value is -3.22. The zero-order valence-corrected chi connectivity index (χ0v) is 39.7. The molecule has 2 aromatic carbocycles. The fraction of sp³-hybridized carbons (Fsp3) is 0.500. The minimum atomic E-state index is -0.677. The van der Waals surface area contributed by atoms with Crippen molar-refractivity contribution in [1.29, 1.82) is 0 Å². The molecule has 17 heteroatoms. The number of aromatic nitrogens is 4. The second-order valence-corrected chi connectivity index (χ2v) is 15.9. The molecule has 4 aromatic rings. The lowest BCUT2D eigenvalue weighted by Crippen LogP contribution is -2.51. The number of aromatic amines is 2. The summed E-state index contributed by atoms with van der Waals surface area (Å²) in [6.45, 7) is 12.0. The van der Waals surface area contributed by atoms with E-state index in [4.69, 9.17) is 14.5 Å². The van der Waals surface area contributed by atoms with Crippen LogP contribution in [-0.4, -0.2) is 86.1 Å². The summed E-state index contributed by atoms with van der Waals surface area (Å²) >= 11 is 0.